The zero-order valence-electron chi connectivity index (χ0n) is 6.31. The highest BCUT2D eigenvalue weighted by atomic mass is 16.3. The Morgan fingerprint density at radius 1 is 1.50 bits per heavy atom. The van der Waals surface area contributed by atoms with Crippen LogP contribution in [0, 0.1) is 4.91 Å². The van der Waals surface area contributed by atoms with Gasteiger partial charge in [0.25, 0.3) is 0 Å². The molecule has 0 radical (unpaired) electrons. The second-order valence-electron chi connectivity index (χ2n) is 2.16. The minimum absolute atomic E-state index is 0.0810. The van der Waals surface area contributed by atoms with Crippen LogP contribution in [0.4, 0.5) is 17.3 Å². The molecule has 0 saturated carbocycles. The highest BCUT2D eigenvalue weighted by Crippen LogP contribution is 2.23. The first kappa shape index (κ1) is 8.18. The van der Waals surface area contributed by atoms with E-state index >= 15 is 0 Å². The van der Waals surface area contributed by atoms with Crippen molar-refractivity contribution in [2.75, 3.05) is 11.5 Å². The van der Waals surface area contributed by atoms with Gasteiger partial charge in [-0.2, -0.15) is 4.98 Å². The van der Waals surface area contributed by atoms with E-state index in [9.17, 15) is 9.70 Å². The highest BCUT2D eigenvalue weighted by Gasteiger charge is 2.10. The molecular weight excluding hydrogens is 162 g/mol. The van der Waals surface area contributed by atoms with Crippen molar-refractivity contribution in [1.82, 2.24) is 9.55 Å². The molecule has 0 fully saturated rings. The molecule has 7 nitrogen and oxygen atoms in total. The van der Waals surface area contributed by atoms with Gasteiger partial charge in [-0.1, -0.05) is 0 Å². The van der Waals surface area contributed by atoms with Gasteiger partial charge in [-0.15, -0.1) is 4.91 Å². The highest BCUT2D eigenvalue weighted by molar-refractivity contribution is 5.69. The molecule has 0 aliphatic heterocycles. The van der Waals surface area contributed by atoms with Gasteiger partial charge in [0.05, 0.1) is 0 Å². The largest absolute Gasteiger partial charge is 0.383 e. The van der Waals surface area contributed by atoms with Crippen LogP contribution in [0.2, 0.25) is 0 Å². The van der Waals surface area contributed by atoms with Crippen LogP contribution in [0.15, 0.2) is 9.97 Å². The van der Waals surface area contributed by atoms with E-state index in [0.717, 1.165) is 4.57 Å². The first-order valence-electron chi connectivity index (χ1n) is 3.03. The fourth-order valence-corrected chi connectivity index (χ4v) is 0.718. The van der Waals surface area contributed by atoms with Gasteiger partial charge in [0.1, 0.15) is 5.82 Å². The molecule has 64 valence electrons. The summed E-state index contributed by atoms with van der Waals surface area (Å²) < 4.78 is 0.993. The molecule has 1 heterocycles. The Morgan fingerprint density at radius 2 is 2.08 bits per heavy atom. The molecule has 0 unspecified atom stereocenters. The third kappa shape index (κ3) is 1.00. The average Bonchev–Trinajstić information content (AvgIpc) is 2.01. The molecule has 0 spiro atoms. The van der Waals surface area contributed by atoms with Crippen LogP contribution in [-0.4, -0.2) is 9.55 Å². The number of anilines is 2. The van der Waals surface area contributed by atoms with Crippen LogP contribution in [0.25, 0.3) is 0 Å². The summed E-state index contributed by atoms with van der Waals surface area (Å²) in [5.41, 5.74) is 9.74. The molecule has 1 aromatic rings. The van der Waals surface area contributed by atoms with E-state index in [1.54, 1.807) is 0 Å². The molecule has 1 aromatic heterocycles. The van der Waals surface area contributed by atoms with Gasteiger partial charge in [0, 0.05) is 7.05 Å². The lowest BCUT2D eigenvalue weighted by Gasteiger charge is -2.04. The number of nitroso groups, excluding NO2 is 1. The number of nitrogens with two attached hydrogens (primary N) is 2. The predicted molar refractivity (Wildman–Crippen MR) is 43.8 cm³/mol. The molecule has 0 amide bonds. The molecule has 1 rings (SSSR count). The minimum Gasteiger partial charge on any atom is -0.383 e. The van der Waals surface area contributed by atoms with E-state index < -0.39 is 5.69 Å². The summed E-state index contributed by atoms with van der Waals surface area (Å²) in [7, 11) is 1.37. The number of aromatic nitrogens is 2. The molecule has 0 aliphatic carbocycles. The number of nitrogens with zero attached hydrogens (tertiary/aromatic N) is 3. The first-order chi connectivity index (χ1) is 5.57. The summed E-state index contributed by atoms with van der Waals surface area (Å²) >= 11 is 0. The molecule has 0 bridgehead atoms. The van der Waals surface area contributed by atoms with Gasteiger partial charge in [-0.25, -0.2) is 4.79 Å². The summed E-state index contributed by atoms with van der Waals surface area (Å²) in [6, 6.07) is 0. The Bertz CT molecular complexity index is 382. The van der Waals surface area contributed by atoms with Crippen LogP contribution in [0.3, 0.4) is 0 Å². The SMILES string of the molecule is Cn1c(N)c(N=O)c(N)nc1=O. The van der Waals surface area contributed by atoms with Gasteiger partial charge >= 0.3 is 5.69 Å². The average molecular weight is 169 g/mol. The second kappa shape index (κ2) is 2.61. The monoisotopic (exact) mass is 169 g/mol. The maximum Gasteiger partial charge on any atom is 0.350 e. The van der Waals surface area contributed by atoms with Crippen molar-refractivity contribution in [3.05, 3.63) is 15.4 Å². The van der Waals surface area contributed by atoms with E-state index in [1.807, 2.05) is 0 Å². The van der Waals surface area contributed by atoms with E-state index in [4.69, 9.17) is 11.5 Å². The molecule has 12 heavy (non-hydrogen) atoms. The summed E-state index contributed by atoms with van der Waals surface area (Å²) in [6.07, 6.45) is 0. The van der Waals surface area contributed by atoms with Gasteiger partial charge in [0.15, 0.2) is 11.5 Å². The molecule has 0 aliphatic rings. The van der Waals surface area contributed by atoms with Gasteiger partial charge in [0.2, 0.25) is 0 Å². The molecular formula is C5H7N5O2. The fraction of sp³-hybridized carbons (Fsp3) is 0.200. The third-order valence-corrected chi connectivity index (χ3v) is 1.44. The lowest BCUT2D eigenvalue weighted by Crippen LogP contribution is -2.23. The van der Waals surface area contributed by atoms with Crippen molar-refractivity contribution in [3.63, 3.8) is 0 Å². The molecule has 4 N–H and O–H groups in total. The fourth-order valence-electron chi connectivity index (χ4n) is 0.718. The number of nitrogen functional groups attached to an aromatic ring is 2. The molecule has 0 saturated heterocycles. The van der Waals surface area contributed by atoms with Crippen LogP contribution < -0.4 is 17.2 Å². The standard InChI is InChI=1S/C5H7N5O2/c1-10-4(7)2(9-12)3(6)8-5(10)11/h7H2,1H3,(H2,6,8,11). The Labute approximate surface area is 67.0 Å². The van der Waals surface area contributed by atoms with Crippen LogP contribution in [0.5, 0.6) is 0 Å². The summed E-state index contributed by atoms with van der Waals surface area (Å²) in [5.74, 6) is -0.326. The smallest absolute Gasteiger partial charge is 0.350 e. The van der Waals surface area contributed by atoms with Gasteiger partial charge < -0.3 is 11.5 Å². The zero-order chi connectivity index (χ0) is 9.30. The van der Waals surface area contributed by atoms with Crippen molar-refractivity contribution in [2.45, 2.75) is 0 Å². The van der Waals surface area contributed by atoms with Crippen LogP contribution >= 0.6 is 0 Å². The van der Waals surface area contributed by atoms with Crippen LogP contribution in [-0.2, 0) is 7.05 Å². The lowest BCUT2D eigenvalue weighted by molar-refractivity contribution is 0.827. The quantitative estimate of drug-likeness (QED) is 0.541. The topological polar surface area (TPSA) is 116 Å². The van der Waals surface area contributed by atoms with Gasteiger partial charge in [-0.05, 0) is 5.18 Å². The number of hydrogen-bond acceptors (Lipinski definition) is 6. The summed E-state index contributed by atoms with van der Waals surface area (Å²) in [6.45, 7) is 0. The van der Waals surface area contributed by atoms with Gasteiger partial charge in [-0.3, -0.25) is 4.57 Å². The molecule has 7 heteroatoms. The van der Waals surface area contributed by atoms with Crippen molar-refractivity contribution in [3.8, 4) is 0 Å². The van der Waals surface area contributed by atoms with E-state index in [1.165, 1.54) is 7.05 Å². The third-order valence-electron chi connectivity index (χ3n) is 1.44. The van der Waals surface area contributed by atoms with E-state index in [2.05, 4.69) is 10.2 Å². The number of hydrogen-bond donors (Lipinski definition) is 2. The Morgan fingerprint density at radius 3 is 2.58 bits per heavy atom. The van der Waals surface area contributed by atoms with E-state index in [-0.39, 0.29) is 17.3 Å². The summed E-state index contributed by atoms with van der Waals surface area (Å²) in [5, 5.41) is 2.55. The maximum atomic E-state index is 10.9. The first-order valence-corrected chi connectivity index (χ1v) is 3.03. The minimum atomic E-state index is -0.614. The predicted octanol–water partition coefficient (Wildman–Crippen LogP) is -0.657. The lowest BCUT2D eigenvalue weighted by atomic mass is 10.4. The van der Waals surface area contributed by atoms with Crippen molar-refractivity contribution in [1.29, 1.82) is 0 Å². The maximum absolute atomic E-state index is 10.9. The van der Waals surface area contributed by atoms with Crippen molar-refractivity contribution >= 4 is 17.3 Å². The van der Waals surface area contributed by atoms with Crippen molar-refractivity contribution in [2.24, 2.45) is 12.2 Å². The number of rotatable bonds is 1. The Kier molecular flexibility index (Phi) is 1.78. The Balaban J connectivity index is 3.62. The van der Waals surface area contributed by atoms with E-state index in [0.29, 0.717) is 0 Å². The normalized spacial score (nSPS) is 9.75. The molecule has 0 atom stereocenters. The Hall–Kier alpha value is -1.92. The molecule has 0 aromatic carbocycles. The van der Waals surface area contributed by atoms with Crippen molar-refractivity contribution < 1.29 is 0 Å². The summed E-state index contributed by atoms with van der Waals surface area (Å²) in [4.78, 5) is 24.3. The van der Waals surface area contributed by atoms with Crippen LogP contribution in [0.1, 0.15) is 0 Å². The zero-order valence-corrected chi connectivity index (χ0v) is 6.31. The second-order valence-corrected chi connectivity index (χ2v) is 2.16.